The van der Waals surface area contributed by atoms with Crippen molar-refractivity contribution in [3.63, 3.8) is 0 Å². The zero-order valence-corrected chi connectivity index (χ0v) is 16.6. The third-order valence-electron chi connectivity index (χ3n) is 3.87. The molecule has 0 heterocycles. The first-order valence-electron chi connectivity index (χ1n) is 8.57. The smallest absolute Gasteiger partial charge is 0.259 e. The van der Waals surface area contributed by atoms with Crippen LogP contribution in [0.1, 0.15) is 15.9 Å². The monoisotopic (exact) mass is 401 g/mol. The lowest BCUT2D eigenvalue weighted by Crippen LogP contribution is -2.35. The van der Waals surface area contributed by atoms with Crippen LogP contribution in [-0.2, 0) is 4.79 Å². The first-order chi connectivity index (χ1) is 14.0. The number of ether oxygens (including phenoxy) is 4. The fourth-order valence-electron chi connectivity index (χ4n) is 2.46. The maximum atomic E-state index is 12.4. The normalized spacial score (nSPS) is 10.3. The Morgan fingerprint density at radius 2 is 1.55 bits per heavy atom. The molecule has 0 atom stereocenters. The number of hydrogen-bond acceptors (Lipinski definition) is 7. The van der Waals surface area contributed by atoms with E-state index in [9.17, 15) is 9.59 Å². The van der Waals surface area contributed by atoms with Crippen LogP contribution in [0.3, 0.4) is 0 Å². The number of benzene rings is 2. The maximum absolute atomic E-state index is 12.4. The van der Waals surface area contributed by atoms with Gasteiger partial charge in [-0.15, -0.1) is 0 Å². The molecule has 0 fully saturated rings. The van der Waals surface area contributed by atoms with Gasteiger partial charge in [0.05, 0.1) is 41.2 Å². The summed E-state index contributed by atoms with van der Waals surface area (Å²) in [7, 11) is 5.91. The Bertz CT molecular complexity index is 873. The molecule has 2 amide bonds. The van der Waals surface area contributed by atoms with Gasteiger partial charge in [0.1, 0.15) is 5.75 Å². The average molecular weight is 401 g/mol. The van der Waals surface area contributed by atoms with Gasteiger partial charge in [0, 0.05) is 11.1 Å². The Kier molecular flexibility index (Phi) is 7.84. The Balaban J connectivity index is 1.96. The molecule has 0 aliphatic rings. The zero-order chi connectivity index (χ0) is 21.2. The van der Waals surface area contributed by atoms with E-state index in [2.05, 4.69) is 15.8 Å². The molecule has 0 aliphatic carbocycles. The summed E-state index contributed by atoms with van der Waals surface area (Å²) in [6.07, 6.45) is 1.46. The van der Waals surface area contributed by atoms with Gasteiger partial charge in [-0.3, -0.25) is 9.59 Å². The topological polar surface area (TPSA) is 107 Å². The maximum Gasteiger partial charge on any atom is 0.259 e. The number of para-hydroxylation sites is 1. The summed E-state index contributed by atoms with van der Waals surface area (Å²) in [5.41, 5.74) is 3.30. The second-order valence-electron chi connectivity index (χ2n) is 5.63. The van der Waals surface area contributed by atoms with Gasteiger partial charge >= 0.3 is 0 Å². The summed E-state index contributed by atoms with van der Waals surface area (Å²) in [5, 5.41) is 6.37. The number of carbonyl (C=O) groups excluding carboxylic acids is 2. The van der Waals surface area contributed by atoms with Gasteiger partial charge in [-0.1, -0.05) is 12.1 Å². The largest absolute Gasteiger partial charge is 0.496 e. The molecule has 9 heteroatoms. The summed E-state index contributed by atoms with van der Waals surface area (Å²) in [6, 6.07) is 10.2. The van der Waals surface area contributed by atoms with E-state index in [1.54, 1.807) is 19.2 Å². The first-order valence-corrected chi connectivity index (χ1v) is 8.57. The average Bonchev–Trinajstić information content (AvgIpc) is 2.76. The van der Waals surface area contributed by atoms with Crippen LogP contribution in [0.15, 0.2) is 41.5 Å². The number of nitrogens with zero attached hydrogens (tertiary/aromatic N) is 1. The molecule has 0 bridgehead atoms. The van der Waals surface area contributed by atoms with Crippen LogP contribution in [0.4, 0.5) is 0 Å². The van der Waals surface area contributed by atoms with Crippen molar-refractivity contribution < 1.29 is 28.5 Å². The van der Waals surface area contributed by atoms with Crippen LogP contribution in [-0.4, -0.2) is 53.0 Å². The second kappa shape index (κ2) is 10.5. The summed E-state index contributed by atoms with van der Waals surface area (Å²) >= 11 is 0. The molecule has 0 aromatic heterocycles. The zero-order valence-electron chi connectivity index (χ0n) is 16.6. The molecule has 2 aromatic rings. The van der Waals surface area contributed by atoms with E-state index in [1.807, 2.05) is 12.1 Å². The molecule has 0 radical (unpaired) electrons. The lowest BCUT2D eigenvalue weighted by atomic mass is 10.1. The van der Waals surface area contributed by atoms with E-state index in [-0.39, 0.29) is 12.1 Å². The lowest BCUT2D eigenvalue weighted by Gasteiger charge is -2.14. The van der Waals surface area contributed by atoms with E-state index in [0.717, 1.165) is 0 Å². The summed E-state index contributed by atoms with van der Waals surface area (Å²) in [4.78, 5) is 24.3. The molecule has 0 saturated carbocycles. The SMILES string of the molecule is COc1ccccc1/C=N\NC(=O)CNC(=O)c1cc(OC)c(OC)c(OC)c1. The highest BCUT2D eigenvalue weighted by Gasteiger charge is 2.17. The van der Waals surface area contributed by atoms with E-state index in [0.29, 0.717) is 28.6 Å². The van der Waals surface area contributed by atoms with Crippen LogP contribution in [0.2, 0.25) is 0 Å². The van der Waals surface area contributed by atoms with Gasteiger partial charge in [0.2, 0.25) is 5.75 Å². The fourth-order valence-corrected chi connectivity index (χ4v) is 2.46. The molecule has 2 aromatic carbocycles. The highest BCUT2D eigenvalue weighted by Crippen LogP contribution is 2.38. The summed E-state index contributed by atoms with van der Waals surface area (Å²) in [6.45, 7) is -0.265. The number of nitrogens with one attached hydrogen (secondary N) is 2. The molecule has 2 rings (SSSR count). The van der Waals surface area contributed by atoms with Gasteiger partial charge in [0.25, 0.3) is 11.8 Å². The number of carbonyl (C=O) groups is 2. The minimum atomic E-state index is -0.489. The van der Waals surface area contributed by atoms with Gasteiger partial charge < -0.3 is 24.3 Å². The molecular weight excluding hydrogens is 378 g/mol. The number of rotatable bonds is 9. The quantitative estimate of drug-likeness (QED) is 0.488. The van der Waals surface area contributed by atoms with E-state index < -0.39 is 11.8 Å². The van der Waals surface area contributed by atoms with Gasteiger partial charge in [-0.05, 0) is 24.3 Å². The van der Waals surface area contributed by atoms with E-state index in [4.69, 9.17) is 18.9 Å². The Labute approximate surface area is 168 Å². The van der Waals surface area contributed by atoms with Crippen LogP contribution in [0, 0.1) is 0 Å². The Morgan fingerprint density at radius 3 is 2.14 bits per heavy atom. The molecule has 0 spiro atoms. The standard InChI is InChI=1S/C20H23N3O6/c1-26-15-8-6-5-7-13(15)11-22-23-18(24)12-21-20(25)14-9-16(27-2)19(29-4)17(10-14)28-3/h5-11H,12H2,1-4H3,(H,21,25)(H,23,24)/b22-11-. The molecule has 2 N–H and O–H groups in total. The number of methoxy groups -OCH3 is 4. The molecule has 154 valence electrons. The van der Waals surface area contributed by atoms with Crippen molar-refractivity contribution in [1.82, 2.24) is 10.7 Å². The molecule has 0 aliphatic heterocycles. The Morgan fingerprint density at radius 1 is 0.931 bits per heavy atom. The predicted molar refractivity (Wildman–Crippen MR) is 107 cm³/mol. The van der Waals surface area contributed by atoms with Crippen molar-refractivity contribution in [2.75, 3.05) is 35.0 Å². The van der Waals surface area contributed by atoms with Crippen LogP contribution >= 0.6 is 0 Å². The Hall–Kier alpha value is -3.75. The minimum absolute atomic E-state index is 0.254. The van der Waals surface area contributed by atoms with Gasteiger partial charge in [0.15, 0.2) is 11.5 Å². The van der Waals surface area contributed by atoms with Crippen molar-refractivity contribution in [2.24, 2.45) is 5.10 Å². The van der Waals surface area contributed by atoms with Gasteiger partial charge in [-0.25, -0.2) is 5.43 Å². The highest BCUT2D eigenvalue weighted by atomic mass is 16.5. The molecule has 0 saturated heterocycles. The van der Waals surface area contributed by atoms with Crippen LogP contribution in [0.5, 0.6) is 23.0 Å². The highest BCUT2D eigenvalue weighted by molar-refractivity contribution is 5.97. The second-order valence-corrected chi connectivity index (χ2v) is 5.63. The van der Waals surface area contributed by atoms with Crippen molar-refractivity contribution >= 4 is 18.0 Å². The lowest BCUT2D eigenvalue weighted by molar-refractivity contribution is -0.120. The van der Waals surface area contributed by atoms with Crippen LogP contribution in [0.25, 0.3) is 0 Å². The molecule has 29 heavy (non-hydrogen) atoms. The predicted octanol–water partition coefficient (Wildman–Crippen LogP) is 1.60. The number of hydrogen-bond donors (Lipinski definition) is 2. The summed E-state index contributed by atoms with van der Waals surface area (Å²) < 4.78 is 20.8. The third kappa shape index (κ3) is 5.61. The van der Waals surface area contributed by atoms with Crippen molar-refractivity contribution in [1.29, 1.82) is 0 Å². The molecule has 0 unspecified atom stereocenters. The van der Waals surface area contributed by atoms with Gasteiger partial charge in [-0.2, -0.15) is 5.10 Å². The first kappa shape index (κ1) is 21.5. The van der Waals surface area contributed by atoms with Crippen molar-refractivity contribution in [3.8, 4) is 23.0 Å². The molecule has 9 nitrogen and oxygen atoms in total. The van der Waals surface area contributed by atoms with Crippen LogP contribution < -0.4 is 29.7 Å². The molecular formula is C20H23N3O6. The number of hydrazone groups is 1. The number of amides is 2. The van der Waals surface area contributed by atoms with E-state index in [1.165, 1.54) is 39.7 Å². The van der Waals surface area contributed by atoms with Crippen molar-refractivity contribution in [3.05, 3.63) is 47.5 Å². The minimum Gasteiger partial charge on any atom is -0.496 e. The van der Waals surface area contributed by atoms with E-state index >= 15 is 0 Å². The third-order valence-corrected chi connectivity index (χ3v) is 3.87. The van der Waals surface area contributed by atoms with Crippen molar-refractivity contribution in [2.45, 2.75) is 0 Å². The fraction of sp³-hybridized carbons (Fsp3) is 0.250. The summed E-state index contributed by atoms with van der Waals surface area (Å²) in [5.74, 6) is 0.701.